The van der Waals surface area contributed by atoms with E-state index in [0.717, 1.165) is 17.3 Å². The Morgan fingerprint density at radius 2 is 1.84 bits per heavy atom. The Morgan fingerprint density at radius 1 is 1.23 bits per heavy atom. The molecule has 0 aliphatic rings. The topological polar surface area (TPSA) is 122 Å². The van der Waals surface area contributed by atoms with Gasteiger partial charge in [0.25, 0.3) is 0 Å². The highest BCUT2D eigenvalue weighted by molar-refractivity contribution is 8.14. The van der Waals surface area contributed by atoms with Gasteiger partial charge < -0.3 is 25.3 Å². The van der Waals surface area contributed by atoms with Gasteiger partial charge in [0.15, 0.2) is 5.12 Å². The van der Waals surface area contributed by atoms with Crippen LogP contribution in [0.4, 0.5) is 0 Å². The van der Waals surface area contributed by atoms with Crippen LogP contribution in [0.1, 0.15) is 40.2 Å². The predicted octanol–water partition coefficient (Wildman–Crippen LogP) is 1.83. The Balaban J connectivity index is 2.91. The number of benzene rings is 1. The monoisotopic (exact) mass is 452 g/mol. The van der Waals surface area contributed by atoms with E-state index in [9.17, 15) is 24.3 Å². The third-order valence-corrected chi connectivity index (χ3v) is 5.83. The van der Waals surface area contributed by atoms with Gasteiger partial charge in [-0.2, -0.15) is 0 Å². The van der Waals surface area contributed by atoms with E-state index >= 15 is 0 Å². The second-order valence-electron chi connectivity index (χ2n) is 7.85. The highest BCUT2D eigenvalue weighted by atomic mass is 32.2. The van der Waals surface area contributed by atoms with E-state index in [4.69, 9.17) is 4.74 Å². The Morgan fingerprint density at radius 3 is 2.32 bits per heavy atom. The van der Waals surface area contributed by atoms with Crippen molar-refractivity contribution in [1.82, 2.24) is 10.6 Å². The SMILES string of the molecule is CCOC(=O)[C@H](Cc1ccc(O)cc1)NCC(C)(C=O)NC(=O)C(SC(C)=O)C(C)C. The normalized spacial score (nSPS) is 14.9. The Hall–Kier alpha value is -2.39. The molecule has 0 bridgehead atoms. The molecule has 1 amide bonds. The highest BCUT2D eigenvalue weighted by Gasteiger charge is 2.33. The summed E-state index contributed by atoms with van der Waals surface area (Å²) in [5.41, 5.74) is -0.501. The van der Waals surface area contributed by atoms with Gasteiger partial charge in [-0.1, -0.05) is 37.7 Å². The van der Waals surface area contributed by atoms with Crippen LogP contribution in [0.5, 0.6) is 5.75 Å². The van der Waals surface area contributed by atoms with Gasteiger partial charge in [0, 0.05) is 13.5 Å². The number of phenols is 1. The lowest BCUT2D eigenvalue weighted by molar-refractivity contribution is -0.145. The third kappa shape index (κ3) is 9.10. The predicted molar refractivity (Wildman–Crippen MR) is 120 cm³/mol. The zero-order chi connectivity index (χ0) is 23.6. The zero-order valence-electron chi connectivity index (χ0n) is 18.6. The van der Waals surface area contributed by atoms with Gasteiger partial charge in [-0.15, -0.1) is 0 Å². The van der Waals surface area contributed by atoms with Crippen molar-refractivity contribution in [2.75, 3.05) is 13.2 Å². The van der Waals surface area contributed by atoms with E-state index in [0.29, 0.717) is 6.29 Å². The lowest BCUT2D eigenvalue weighted by Crippen LogP contribution is -2.58. The average Bonchev–Trinajstić information content (AvgIpc) is 2.70. The summed E-state index contributed by atoms with van der Waals surface area (Å²) in [5, 5.41) is 14.3. The molecule has 0 aliphatic heterocycles. The van der Waals surface area contributed by atoms with Crippen LogP contribution in [0.25, 0.3) is 0 Å². The molecule has 1 rings (SSSR count). The number of phenolic OH excluding ortho intramolecular Hbond substituents is 1. The van der Waals surface area contributed by atoms with Crippen LogP contribution >= 0.6 is 11.8 Å². The van der Waals surface area contributed by atoms with Crippen LogP contribution in [0.15, 0.2) is 24.3 Å². The van der Waals surface area contributed by atoms with Gasteiger partial charge in [0.2, 0.25) is 5.91 Å². The van der Waals surface area contributed by atoms with Crippen molar-refractivity contribution in [3.05, 3.63) is 29.8 Å². The molecule has 1 aromatic rings. The number of aromatic hydroxyl groups is 1. The van der Waals surface area contributed by atoms with Gasteiger partial charge in [0.05, 0.1) is 11.9 Å². The maximum atomic E-state index is 12.7. The van der Waals surface area contributed by atoms with E-state index in [2.05, 4.69) is 10.6 Å². The molecule has 0 radical (unpaired) electrons. The summed E-state index contributed by atoms with van der Waals surface area (Å²) < 4.78 is 5.13. The quantitative estimate of drug-likeness (QED) is 0.324. The smallest absolute Gasteiger partial charge is 0.323 e. The lowest BCUT2D eigenvalue weighted by atomic mass is 10.0. The molecule has 2 unspecified atom stereocenters. The van der Waals surface area contributed by atoms with E-state index < -0.39 is 28.7 Å². The molecule has 0 aliphatic carbocycles. The summed E-state index contributed by atoms with van der Waals surface area (Å²) in [4.78, 5) is 48.4. The van der Waals surface area contributed by atoms with Crippen molar-refractivity contribution in [2.45, 2.75) is 57.9 Å². The molecule has 0 heterocycles. The maximum Gasteiger partial charge on any atom is 0.323 e. The van der Waals surface area contributed by atoms with Gasteiger partial charge in [-0.25, -0.2) is 0 Å². The van der Waals surface area contributed by atoms with E-state index in [1.54, 1.807) is 26.0 Å². The molecule has 172 valence electrons. The largest absolute Gasteiger partial charge is 0.508 e. The number of thioether (sulfide) groups is 1. The summed E-state index contributed by atoms with van der Waals surface area (Å²) in [6, 6.07) is 5.66. The average molecular weight is 453 g/mol. The number of ether oxygens (including phenoxy) is 1. The standard InChI is InChI=1S/C22H32N2O6S/c1-6-30-21(29)18(11-16-7-9-17(27)10-8-16)23-12-22(5,13-25)24-20(28)19(14(2)3)31-15(4)26/h7-10,13-14,18-19,23,27H,6,11-12H2,1-5H3,(H,24,28)/t18-,19?,22?/m0/s1. The molecular weight excluding hydrogens is 420 g/mol. The van der Waals surface area contributed by atoms with Crippen molar-refractivity contribution in [3.63, 3.8) is 0 Å². The first kappa shape index (κ1) is 26.6. The number of nitrogens with one attached hydrogen (secondary N) is 2. The minimum atomic E-state index is -1.29. The fourth-order valence-electron chi connectivity index (χ4n) is 2.82. The van der Waals surface area contributed by atoms with Crippen LogP contribution in [0.3, 0.4) is 0 Å². The van der Waals surface area contributed by atoms with Gasteiger partial charge in [0.1, 0.15) is 23.6 Å². The number of hydrogen-bond donors (Lipinski definition) is 3. The molecule has 0 saturated heterocycles. The lowest BCUT2D eigenvalue weighted by Gasteiger charge is -2.30. The van der Waals surface area contributed by atoms with Crippen LogP contribution in [-0.4, -0.2) is 58.4 Å². The number of rotatable bonds is 12. The van der Waals surface area contributed by atoms with Crippen LogP contribution in [0.2, 0.25) is 0 Å². The van der Waals surface area contributed by atoms with Crippen molar-refractivity contribution < 1.29 is 29.0 Å². The molecule has 0 saturated carbocycles. The number of carbonyl (C=O) groups is 4. The number of hydrogen-bond acceptors (Lipinski definition) is 8. The van der Waals surface area contributed by atoms with Gasteiger partial charge >= 0.3 is 5.97 Å². The second kappa shape index (κ2) is 12.5. The molecule has 0 spiro atoms. The summed E-state index contributed by atoms with van der Waals surface area (Å²) >= 11 is 0.924. The van der Waals surface area contributed by atoms with E-state index in [-0.39, 0.29) is 36.4 Å². The molecular formula is C22H32N2O6S. The van der Waals surface area contributed by atoms with Crippen molar-refractivity contribution >= 4 is 35.0 Å². The van der Waals surface area contributed by atoms with Crippen molar-refractivity contribution in [3.8, 4) is 5.75 Å². The molecule has 9 heteroatoms. The van der Waals surface area contributed by atoms with E-state index in [1.807, 2.05) is 13.8 Å². The fourth-order valence-corrected chi connectivity index (χ4v) is 3.62. The molecule has 31 heavy (non-hydrogen) atoms. The Labute approximate surface area is 187 Å². The molecule has 0 aromatic heterocycles. The molecule has 0 fully saturated rings. The number of carbonyl (C=O) groups excluding carboxylic acids is 4. The number of esters is 1. The summed E-state index contributed by atoms with van der Waals surface area (Å²) in [6.07, 6.45) is 0.882. The minimum Gasteiger partial charge on any atom is -0.508 e. The summed E-state index contributed by atoms with van der Waals surface area (Å²) in [5.74, 6) is -0.900. The molecule has 3 N–H and O–H groups in total. The van der Waals surface area contributed by atoms with Gasteiger partial charge in [-0.05, 0) is 43.9 Å². The van der Waals surface area contributed by atoms with Crippen molar-refractivity contribution in [1.29, 1.82) is 0 Å². The van der Waals surface area contributed by atoms with Crippen LogP contribution < -0.4 is 10.6 Å². The minimum absolute atomic E-state index is 0.0145. The van der Waals surface area contributed by atoms with Crippen LogP contribution in [0, 0.1) is 5.92 Å². The Kier molecular flexibility index (Phi) is 10.7. The molecule has 3 atom stereocenters. The third-order valence-electron chi connectivity index (χ3n) is 4.49. The van der Waals surface area contributed by atoms with Gasteiger partial charge in [-0.3, -0.25) is 14.4 Å². The first-order chi connectivity index (χ1) is 14.5. The second-order valence-corrected chi connectivity index (χ2v) is 9.17. The molecule has 8 nitrogen and oxygen atoms in total. The number of amides is 1. The fraction of sp³-hybridized carbons (Fsp3) is 0.545. The molecule has 1 aromatic carbocycles. The van der Waals surface area contributed by atoms with Crippen LogP contribution in [-0.2, 0) is 30.3 Å². The zero-order valence-corrected chi connectivity index (χ0v) is 19.5. The maximum absolute atomic E-state index is 12.7. The first-order valence-corrected chi connectivity index (χ1v) is 11.0. The van der Waals surface area contributed by atoms with Crippen molar-refractivity contribution in [2.24, 2.45) is 5.92 Å². The first-order valence-electron chi connectivity index (χ1n) is 10.1. The Bertz CT molecular complexity index is 768. The highest BCUT2D eigenvalue weighted by Crippen LogP contribution is 2.21. The summed E-state index contributed by atoms with van der Waals surface area (Å²) in [7, 11) is 0. The van der Waals surface area contributed by atoms with E-state index in [1.165, 1.54) is 19.1 Å². The summed E-state index contributed by atoms with van der Waals surface area (Å²) in [6.45, 7) is 8.47. The number of aldehydes is 1.